The van der Waals surface area contributed by atoms with Gasteiger partial charge in [-0.1, -0.05) is 12.1 Å². The Morgan fingerprint density at radius 1 is 1.00 bits per heavy atom. The van der Waals surface area contributed by atoms with E-state index in [1.165, 1.54) is 0 Å². The van der Waals surface area contributed by atoms with Crippen LogP contribution in [0.4, 0.5) is 0 Å². The minimum Gasteiger partial charge on any atom is -0.152 e. The average molecular weight is 242 g/mol. The van der Waals surface area contributed by atoms with E-state index in [4.69, 9.17) is 0 Å². The van der Waals surface area contributed by atoms with Crippen LogP contribution in [0.2, 0.25) is 0 Å². The molecule has 7 heavy (non-hydrogen) atoms. The molecule has 38 valence electrons. The van der Waals surface area contributed by atoms with E-state index in [1.54, 1.807) is 11.3 Å². The minimum absolute atomic E-state index is 1.71. The predicted molar refractivity (Wildman–Crippen MR) is 35.8 cm³/mol. The fourth-order valence-electron chi connectivity index (χ4n) is 0.227. The van der Waals surface area contributed by atoms with E-state index in [2.05, 4.69) is 27.3 Å². The first-order chi connectivity index (χ1) is 3.50. The third-order valence-electron chi connectivity index (χ3n) is 0.425. The summed E-state index contributed by atoms with van der Waals surface area (Å²) < 4.78 is 0. The first-order valence-electron chi connectivity index (χ1n) is 1.64. The van der Waals surface area contributed by atoms with Crippen molar-refractivity contribution >= 4 is 38.6 Å². The summed E-state index contributed by atoms with van der Waals surface area (Å²) in [6.45, 7) is 0. The molecular formula is C4H4SSe2. The fraction of sp³-hybridized carbons (Fsp3) is 0. The summed E-state index contributed by atoms with van der Waals surface area (Å²) in [7, 11) is 0. The minimum atomic E-state index is 1.71. The van der Waals surface area contributed by atoms with Gasteiger partial charge in [0.1, 0.15) is 0 Å². The molecule has 0 aliphatic heterocycles. The Morgan fingerprint density at radius 2 is 1.43 bits per heavy atom. The summed E-state index contributed by atoms with van der Waals surface area (Å²) in [5.41, 5.74) is 0. The van der Waals surface area contributed by atoms with Crippen molar-refractivity contribution in [3.63, 3.8) is 0 Å². The van der Waals surface area contributed by atoms with Crippen molar-refractivity contribution in [3.05, 3.63) is 22.9 Å². The predicted octanol–water partition coefficient (Wildman–Crippen LogP) is 0.987. The van der Waals surface area contributed by atoms with Crippen molar-refractivity contribution in [1.82, 2.24) is 0 Å². The third kappa shape index (κ3) is 4.60. The molecule has 0 aliphatic rings. The van der Waals surface area contributed by atoms with Gasteiger partial charge in [0.25, 0.3) is 0 Å². The zero-order valence-electron chi connectivity index (χ0n) is 3.53. The van der Waals surface area contributed by atoms with Crippen LogP contribution < -0.4 is 0 Å². The van der Waals surface area contributed by atoms with Crippen LogP contribution in [0.25, 0.3) is 0 Å². The Morgan fingerprint density at radius 3 is 1.57 bits per heavy atom. The van der Waals surface area contributed by atoms with Crippen LogP contribution in [0.1, 0.15) is 0 Å². The van der Waals surface area contributed by atoms with E-state index in [0.717, 1.165) is 0 Å². The molecule has 1 aromatic rings. The Bertz CT molecular complexity index is 76.6. The molecule has 0 fully saturated rings. The van der Waals surface area contributed by atoms with Crippen LogP contribution in [-0.4, -0.2) is 27.3 Å². The number of hydrogen-bond acceptors (Lipinski definition) is 1. The van der Waals surface area contributed by atoms with Gasteiger partial charge in [-0.25, -0.2) is 0 Å². The summed E-state index contributed by atoms with van der Waals surface area (Å²) in [4.78, 5) is 0. The van der Waals surface area contributed by atoms with Gasteiger partial charge >= 0.3 is 27.3 Å². The molecule has 1 aromatic heterocycles. The Labute approximate surface area is 61.4 Å². The van der Waals surface area contributed by atoms with E-state index >= 15 is 0 Å². The molecule has 0 atom stereocenters. The van der Waals surface area contributed by atoms with Crippen LogP contribution >= 0.6 is 11.3 Å². The maximum Gasteiger partial charge on any atom is -0.00934 e. The molecule has 1 heterocycles. The topological polar surface area (TPSA) is 0 Å². The molecule has 0 N–H and O–H groups in total. The number of rotatable bonds is 0. The number of thiophene rings is 1. The monoisotopic (exact) mass is 244 g/mol. The Kier molecular flexibility index (Phi) is 7.45. The summed E-state index contributed by atoms with van der Waals surface area (Å²) in [5.74, 6) is 0. The number of hydrogen-bond donors (Lipinski definition) is 0. The first-order valence-corrected chi connectivity index (χ1v) is 6.91. The fourth-order valence-corrected chi connectivity index (χ4v) is 0.680. The molecule has 0 aromatic carbocycles. The van der Waals surface area contributed by atoms with Gasteiger partial charge in [-0.3, -0.25) is 0 Å². The third-order valence-corrected chi connectivity index (χ3v) is 1.05. The molecule has 0 saturated heterocycles. The second kappa shape index (κ2) is 6.74. The molecule has 3 heteroatoms. The first kappa shape index (κ1) is 7.74. The molecule has 0 bridgehead atoms. The Balaban J connectivity index is 0.000000162. The largest absolute Gasteiger partial charge is 0.152 e. The van der Waals surface area contributed by atoms with Crippen LogP contribution in [-0.2, 0) is 0 Å². The standard InChI is InChI=1S/C4H4S.Se2/c1-2-4-5-3-1;1-2/h1-4H;. The van der Waals surface area contributed by atoms with Crippen molar-refractivity contribution in [1.29, 1.82) is 0 Å². The quantitative estimate of drug-likeness (QED) is 0.595. The van der Waals surface area contributed by atoms with Crippen molar-refractivity contribution < 1.29 is 0 Å². The second-order valence-electron chi connectivity index (χ2n) is 0.793. The zero-order valence-corrected chi connectivity index (χ0v) is 7.78. The zero-order chi connectivity index (χ0) is 5.54. The van der Waals surface area contributed by atoms with Crippen LogP contribution in [0.5, 0.6) is 0 Å². The summed E-state index contributed by atoms with van der Waals surface area (Å²) in [6.07, 6.45) is 0. The molecule has 0 amide bonds. The van der Waals surface area contributed by atoms with Gasteiger partial charge in [-0.2, -0.15) is 11.3 Å². The van der Waals surface area contributed by atoms with Gasteiger partial charge in [0, 0.05) is 0 Å². The van der Waals surface area contributed by atoms with Crippen LogP contribution in [0, 0.1) is 0 Å². The van der Waals surface area contributed by atoms with Crippen molar-refractivity contribution in [2.45, 2.75) is 0 Å². The molecule has 0 saturated carbocycles. The smallest absolute Gasteiger partial charge is 0.00934 e. The molecule has 0 nitrogen and oxygen atoms in total. The van der Waals surface area contributed by atoms with E-state index in [9.17, 15) is 0 Å². The van der Waals surface area contributed by atoms with Gasteiger partial charge in [0.2, 0.25) is 0 Å². The Hall–Kier alpha value is 0.739. The molecule has 0 unspecified atom stereocenters. The maximum atomic E-state index is 2.50. The summed E-state index contributed by atoms with van der Waals surface area (Å²) >= 11 is 6.71. The van der Waals surface area contributed by atoms with E-state index in [1.807, 2.05) is 22.9 Å². The van der Waals surface area contributed by atoms with E-state index in [0.29, 0.717) is 0 Å². The molecule has 1 rings (SSSR count). The van der Waals surface area contributed by atoms with Gasteiger partial charge in [-0.05, 0) is 10.8 Å². The van der Waals surface area contributed by atoms with Gasteiger partial charge in [0.05, 0.1) is 0 Å². The molecule has 0 radical (unpaired) electrons. The van der Waals surface area contributed by atoms with Crippen LogP contribution in [0.15, 0.2) is 22.9 Å². The average Bonchev–Trinajstić information content (AvgIpc) is 2.23. The van der Waals surface area contributed by atoms with Crippen molar-refractivity contribution in [2.75, 3.05) is 0 Å². The normalized spacial score (nSPS) is 6.29. The molecule has 0 spiro atoms. The van der Waals surface area contributed by atoms with Crippen molar-refractivity contribution in [2.24, 2.45) is 0 Å². The van der Waals surface area contributed by atoms with Crippen LogP contribution in [0.3, 0.4) is 0 Å². The second-order valence-corrected chi connectivity index (χ2v) is 1.61. The van der Waals surface area contributed by atoms with E-state index < -0.39 is 0 Å². The summed E-state index contributed by atoms with van der Waals surface area (Å²) in [6, 6.07) is 4.04. The van der Waals surface area contributed by atoms with Gasteiger partial charge < -0.3 is 0 Å². The SMILES string of the molecule is [Se]=[Se].c1ccsc1. The summed E-state index contributed by atoms with van der Waals surface area (Å²) in [5, 5.41) is 4.08. The van der Waals surface area contributed by atoms with Gasteiger partial charge in [0.15, 0.2) is 0 Å². The molecular weight excluding hydrogens is 238 g/mol. The maximum absolute atomic E-state index is 2.50. The van der Waals surface area contributed by atoms with Crippen molar-refractivity contribution in [3.8, 4) is 0 Å². The van der Waals surface area contributed by atoms with E-state index in [-0.39, 0.29) is 0 Å². The molecule has 0 aliphatic carbocycles. The van der Waals surface area contributed by atoms with Gasteiger partial charge in [-0.15, -0.1) is 0 Å².